The highest BCUT2D eigenvalue weighted by molar-refractivity contribution is 5.94. The van der Waals surface area contributed by atoms with E-state index in [0.29, 0.717) is 5.75 Å². The van der Waals surface area contributed by atoms with Gasteiger partial charge in [0.05, 0.1) is 5.56 Å². The molecule has 0 heterocycles. The maximum atomic E-state index is 12.6. The van der Waals surface area contributed by atoms with Crippen LogP contribution in [0.2, 0.25) is 0 Å². The summed E-state index contributed by atoms with van der Waals surface area (Å²) in [4.78, 5) is 26.2. The van der Waals surface area contributed by atoms with E-state index >= 15 is 0 Å². The van der Waals surface area contributed by atoms with Crippen LogP contribution >= 0.6 is 0 Å². The summed E-state index contributed by atoms with van der Waals surface area (Å²) in [7, 11) is 0. The van der Waals surface area contributed by atoms with Gasteiger partial charge in [0.1, 0.15) is 12.3 Å². The van der Waals surface area contributed by atoms with Crippen LogP contribution in [0.3, 0.4) is 0 Å². The third-order valence-corrected chi connectivity index (χ3v) is 4.58. The van der Waals surface area contributed by atoms with Gasteiger partial charge in [0, 0.05) is 11.7 Å². The average Bonchev–Trinajstić information content (AvgIpc) is 2.71. The monoisotopic (exact) mass is 436 g/mol. The van der Waals surface area contributed by atoms with Gasteiger partial charge in [-0.3, -0.25) is 9.59 Å². The predicted octanol–water partition coefficient (Wildman–Crippen LogP) is 4.91. The maximum Gasteiger partial charge on any atom is 0.416 e. The smallest absolute Gasteiger partial charge is 0.416 e. The fourth-order valence-electron chi connectivity index (χ4n) is 2.93. The second-order valence-corrected chi connectivity index (χ2v) is 7.42. The van der Waals surface area contributed by atoms with Gasteiger partial charge in [-0.05, 0) is 62.2 Å². The first-order valence-electron chi connectivity index (χ1n) is 10.1. The molecule has 0 spiro atoms. The second-order valence-electron chi connectivity index (χ2n) is 7.42. The Morgan fingerprint density at radius 2 is 1.65 bits per heavy atom. The van der Waals surface area contributed by atoms with Crippen molar-refractivity contribution in [1.82, 2.24) is 4.90 Å². The van der Waals surface area contributed by atoms with Gasteiger partial charge >= 0.3 is 6.18 Å². The Morgan fingerprint density at radius 3 is 2.16 bits per heavy atom. The number of rotatable bonds is 9. The maximum absolute atomic E-state index is 12.6. The molecule has 0 aliphatic carbocycles. The number of hydrogen-bond donors (Lipinski definition) is 1. The number of amides is 2. The Labute approximate surface area is 180 Å². The van der Waals surface area contributed by atoms with Gasteiger partial charge < -0.3 is 15.0 Å². The van der Waals surface area contributed by atoms with E-state index in [1.54, 1.807) is 26.0 Å². The highest BCUT2D eigenvalue weighted by atomic mass is 19.4. The lowest BCUT2D eigenvalue weighted by Crippen LogP contribution is -2.44. The minimum absolute atomic E-state index is 0.220. The van der Waals surface area contributed by atoms with Gasteiger partial charge in [-0.1, -0.05) is 25.5 Å². The number of anilines is 1. The molecular formula is C23H27F3N2O3. The van der Waals surface area contributed by atoms with Crippen molar-refractivity contribution >= 4 is 17.5 Å². The summed E-state index contributed by atoms with van der Waals surface area (Å²) in [6.45, 7) is 5.16. The van der Waals surface area contributed by atoms with Crippen molar-refractivity contribution in [1.29, 1.82) is 0 Å². The van der Waals surface area contributed by atoms with Crippen LogP contribution in [0.25, 0.3) is 0 Å². The molecule has 0 bridgehead atoms. The Bertz CT molecular complexity index is 863. The molecule has 31 heavy (non-hydrogen) atoms. The van der Waals surface area contributed by atoms with Gasteiger partial charge in [-0.2, -0.15) is 13.2 Å². The molecule has 2 amide bonds. The molecule has 0 aromatic heterocycles. The zero-order valence-electron chi connectivity index (χ0n) is 17.8. The number of nitrogens with one attached hydrogen (secondary N) is 1. The minimum Gasteiger partial charge on any atom is -0.484 e. The van der Waals surface area contributed by atoms with E-state index in [1.807, 2.05) is 12.1 Å². The molecule has 8 heteroatoms. The molecule has 0 aliphatic heterocycles. The largest absolute Gasteiger partial charge is 0.484 e. The molecule has 0 aliphatic rings. The van der Waals surface area contributed by atoms with Crippen LogP contribution in [0, 0.1) is 0 Å². The molecule has 5 nitrogen and oxygen atoms in total. The number of carbonyl (C=O) groups is 2. The van der Waals surface area contributed by atoms with Crippen molar-refractivity contribution < 1.29 is 27.5 Å². The van der Waals surface area contributed by atoms with E-state index in [1.165, 1.54) is 22.6 Å². The summed E-state index contributed by atoms with van der Waals surface area (Å²) in [5, 5.41) is 2.51. The number of halogens is 3. The summed E-state index contributed by atoms with van der Waals surface area (Å²) >= 11 is 0. The van der Waals surface area contributed by atoms with Crippen LogP contribution in [-0.2, 0) is 22.2 Å². The van der Waals surface area contributed by atoms with Crippen molar-refractivity contribution in [3.8, 4) is 5.75 Å². The Morgan fingerprint density at radius 1 is 1.03 bits per heavy atom. The highest BCUT2D eigenvalue weighted by Gasteiger charge is 2.30. The first kappa shape index (κ1) is 24.2. The fourth-order valence-corrected chi connectivity index (χ4v) is 2.93. The summed E-state index contributed by atoms with van der Waals surface area (Å²) in [6, 6.07) is 11.4. The summed E-state index contributed by atoms with van der Waals surface area (Å²) < 4.78 is 43.5. The summed E-state index contributed by atoms with van der Waals surface area (Å²) in [5.74, 6) is -0.313. The highest BCUT2D eigenvalue weighted by Crippen LogP contribution is 2.29. The zero-order valence-corrected chi connectivity index (χ0v) is 17.8. The molecule has 168 valence electrons. The molecule has 0 radical (unpaired) electrons. The molecule has 0 saturated carbocycles. The SMILES string of the molecule is CCCc1ccc(OCC(=O)N(CC(=O)Nc2ccc(C(F)(F)F)cc2)C(C)C)cc1. The minimum atomic E-state index is -4.44. The number of ether oxygens (including phenoxy) is 1. The first-order chi connectivity index (χ1) is 14.6. The van der Waals surface area contributed by atoms with E-state index < -0.39 is 17.6 Å². The van der Waals surface area contributed by atoms with E-state index in [2.05, 4.69) is 12.2 Å². The standard InChI is InChI=1S/C23H27F3N2O3/c1-4-5-17-6-12-20(13-7-17)31-15-22(30)28(16(2)3)14-21(29)27-19-10-8-18(9-11-19)23(24,25)26/h6-13,16H,4-5,14-15H2,1-3H3,(H,27,29). The third kappa shape index (κ3) is 7.62. The molecule has 0 unspecified atom stereocenters. The molecule has 0 atom stereocenters. The average molecular weight is 436 g/mol. The molecule has 0 saturated heterocycles. The third-order valence-electron chi connectivity index (χ3n) is 4.58. The van der Waals surface area contributed by atoms with Crippen LogP contribution in [0.15, 0.2) is 48.5 Å². The zero-order chi connectivity index (χ0) is 23.0. The van der Waals surface area contributed by atoms with Crippen LogP contribution < -0.4 is 10.1 Å². The number of alkyl halides is 3. The number of benzene rings is 2. The number of aryl methyl sites for hydroxylation is 1. The number of hydrogen-bond acceptors (Lipinski definition) is 3. The normalized spacial score (nSPS) is 11.3. The summed E-state index contributed by atoms with van der Waals surface area (Å²) in [6.07, 6.45) is -2.44. The van der Waals surface area contributed by atoms with Gasteiger partial charge in [0.2, 0.25) is 5.91 Å². The van der Waals surface area contributed by atoms with Crippen LogP contribution in [-0.4, -0.2) is 35.9 Å². The van der Waals surface area contributed by atoms with E-state index in [0.717, 1.165) is 25.0 Å². The second kappa shape index (κ2) is 10.8. The van der Waals surface area contributed by atoms with Crippen LogP contribution in [0.4, 0.5) is 18.9 Å². The predicted molar refractivity (Wildman–Crippen MR) is 113 cm³/mol. The van der Waals surface area contributed by atoms with Crippen molar-refractivity contribution in [2.24, 2.45) is 0 Å². The van der Waals surface area contributed by atoms with Crippen molar-refractivity contribution in [3.63, 3.8) is 0 Å². The van der Waals surface area contributed by atoms with E-state index in [4.69, 9.17) is 4.74 Å². The van der Waals surface area contributed by atoms with Gasteiger partial charge in [0.15, 0.2) is 6.61 Å². The van der Waals surface area contributed by atoms with Gasteiger partial charge in [-0.15, -0.1) is 0 Å². The Kier molecular flexibility index (Phi) is 8.47. The molecule has 1 N–H and O–H groups in total. The van der Waals surface area contributed by atoms with E-state index in [-0.39, 0.29) is 30.8 Å². The van der Waals surface area contributed by atoms with Crippen LogP contribution in [0.1, 0.15) is 38.3 Å². The topological polar surface area (TPSA) is 58.6 Å². The van der Waals surface area contributed by atoms with Crippen molar-refractivity contribution in [3.05, 3.63) is 59.7 Å². The first-order valence-corrected chi connectivity index (χ1v) is 10.1. The molecule has 2 rings (SSSR count). The molecule has 2 aromatic rings. The van der Waals surface area contributed by atoms with Crippen molar-refractivity contribution in [2.45, 2.75) is 45.8 Å². The quantitative estimate of drug-likeness (QED) is 0.608. The van der Waals surface area contributed by atoms with E-state index in [9.17, 15) is 22.8 Å². The lowest BCUT2D eigenvalue weighted by Gasteiger charge is -2.26. The number of nitrogens with zero attached hydrogens (tertiary/aromatic N) is 1. The van der Waals surface area contributed by atoms with Gasteiger partial charge in [-0.25, -0.2) is 0 Å². The fraction of sp³-hybridized carbons (Fsp3) is 0.391. The lowest BCUT2D eigenvalue weighted by molar-refractivity contribution is -0.138. The number of carbonyl (C=O) groups excluding carboxylic acids is 2. The molecular weight excluding hydrogens is 409 g/mol. The molecule has 0 fully saturated rings. The Hall–Kier alpha value is -3.03. The molecule has 2 aromatic carbocycles. The lowest BCUT2D eigenvalue weighted by atomic mass is 10.1. The Balaban J connectivity index is 1.91. The summed E-state index contributed by atoms with van der Waals surface area (Å²) in [5.41, 5.74) is 0.604. The van der Waals surface area contributed by atoms with Crippen LogP contribution in [0.5, 0.6) is 5.75 Å². The van der Waals surface area contributed by atoms with Gasteiger partial charge in [0.25, 0.3) is 5.91 Å². The van der Waals surface area contributed by atoms with Crippen molar-refractivity contribution in [2.75, 3.05) is 18.5 Å².